The second-order valence-corrected chi connectivity index (χ2v) is 9.18. The maximum Gasteiger partial charge on any atom is 0.261 e. The minimum atomic E-state index is -0.764. The fourth-order valence-electron chi connectivity index (χ4n) is 3.57. The zero-order valence-corrected chi connectivity index (χ0v) is 20.7. The maximum atomic E-state index is 13.5. The van der Waals surface area contributed by atoms with E-state index in [2.05, 4.69) is 5.32 Å². The molecular weight excluding hydrogens is 467 g/mol. The van der Waals surface area contributed by atoms with Crippen LogP contribution in [0.2, 0.25) is 5.02 Å². The molecule has 0 heterocycles. The number of rotatable bonds is 11. The Kier molecular flexibility index (Phi) is 9.67. The van der Waals surface area contributed by atoms with E-state index in [9.17, 15) is 14.0 Å². The molecule has 5 nitrogen and oxygen atoms in total. The summed E-state index contributed by atoms with van der Waals surface area (Å²) in [6.45, 7) is 4.40. The molecule has 0 aliphatic rings. The van der Waals surface area contributed by atoms with Gasteiger partial charge in [0.05, 0.1) is 0 Å². The number of hydrogen-bond acceptors (Lipinski definition) is 3. The lowest BCUT2D eigenvalue weighted by atomic mass is 10.0. The summed E-state index contributed by atoms with van der Waals surface area (Å²) in [6.07, 6.45) is 0.341. The molecule has 0 unspecified atom stereocenters. The van der Waals surface area contributed by atoms with E-state index in [1.165, 1.54) is 29.2 Å². The number of hydrogen-bond donors (Lipinski definition) is 1. The van der Waals surface area contributed by atoms with Gasteiger partial charge in [0.2, 0.25) is 5.91 Å². The van der Waals surface area contributed by atoms with E-state index in [-0.39, 0.29) is 30.9 Å². The summed E-state index contributed by atoms with van der Waals surface area (Å²) in [4.78, 5) is 28.3. The molecule has 0 spiro atoms. The minimum Gasteiger partial charge on any atom is -0.484 e. The van der Waals surface area contributed by atoms with E-state index in [0.29, 0.717) is 23.7 Å². The van der Waals surface area contributed by atoms with Gasteiger partial charge in [-0.15, -0.1) is 0 Å². The first-order valence-electron chi connectivity index (χ1n) is 11.6. The van der Waals surface area contributed by atoms with E-state index in [4.69, 9.17) is 16.3 Å². The molecule has 0 aliphatic heterocycles. The lowest BCUT2D eigenvalue weighted by Gasteiger charge is -2.31. The van der Waals surface area contributed by atoms with Crippen molar-refractivity contribution >= 4 is 23.4 Å². The van der Waals surface area contributed by atoms with E-state index >= 15 is 0 Å². The molecule has 1 N–H and O–H groups in total. The zero-order chi connectivity index (χ0) is 25.2. The Morgan fingerprint density at radius 3 is 2.31 bits per heavy atom. The van der Waals surface area contributed by atoms with Crippen LogP contribution in [0, 0.1) is 11.7 Å². The molecule has 3 aromatic rings. The Labute approximate surface area is 210 Å². The SMILES string of the molecule is CC(C)CNC(=O)[C@H](Cc1ccccc1)N(Cc1cccc(Cl)c1)C(=O)COc1ccc(F)cc1. The Morgan fingerprint density at radius 2 is 1.66 bits per heavy atom. The predicted molar refractivity (Wildman–Crippen MR) is 136 cm³/mol. The molecule has 2 amide bonds. The van der Waals surface area contributed by atoms with Gasteiger partial charge in [-0.2, -0.15) is 0 Å². The van der Waals surface area contributed by atoms with E-state index < -0.39 is 11.9 Å². The highest BCUT2D eigenvalue weighted by molar-refractivity contribution is 6.30. The smallest absolute Gasteiger partial charge is 0.261 e. The van der Waals surface area contributed by atoms with Gasteiger partial charge >= 0.3 is 0 Å². The van der Waals surface area contributed by atoms with Crippen molar-refractivity contribution in [1.82, 2.24) is 10.2 Å². The molecule has 1 atom stereocenters. The molecule has 0 bridgehead atoms. The lowest BCUT2D eigenvalue weighted by molar-refractivity contribution is -0.142. The minimum absolute atomic E-state index is 0.179. The normalized spacial score (nSPS) is 11.7. The van der Waals surface area contributed by atoms with Gasteiger partial charge in [-0.1, -0.05) is 67.9 Å². The van der Waals surface area contributed by atoms with Crippen LogP contribution < -0.4 is 10.1 Å². The first-order valence-corrected chi connectivity index (χ1v) is 11.9. The second kappa shape index (κ2) is 12.9. The number of nitrogens with zero attached hydrogens (tertiary/aromatic N) is 1. The summed E-state index contributed by atoms with van der Waals surface area (Å²) in [5.74, 6) is -0.368. The molecule has 0 radical (unpaired) electrons. The maximum absolute atomic E-state index is 13.5. The molecule has 0 saturated carbocycles. The van der Waals surface area contributed by atoms with Crippen LogP contribution in [0.1, 0.15) is 25.0 Å². The van der Waals surface area contributed by atoms with Crippen LogP contribution in [0.5, 0.6) is 5.75 Å². The van der Waals surface area contributed by atoms with Gasteiger partial charge in [-0.25, -0.2) is 4.39 Å². The standard InChI is InChI=1S/C28H30ClFN2O3/c1-20(2)17-31-28(34)26(16-21-7-4-3-5-8-21)32(18-22-9-6-10-23(29)15-22)27(33)19-35-25-13-11-24(30)12-14-25/h3-15,20,26H,16-19H2,1-2H3,(H,31,34)/t26-/m0/s1. The first kappa shape index (κ1) is 26.2. The molecule has 7 heteroatoms. The van der Waals surface area contributed by atoms with Crippen molar-refractivity contribution in [3.8, 4) is 5.75 Å². The Bertz CT molecular complexity index is 1110. The lowest BCUT2D eigenvalue weighted by Crippen LogP contribution is -2.52. The zero-order valence-electron chi connectivity index (χ0n) is 19.9. The number of carbonyl (C=O) groups excluding carboxylic acids is 2. The highest BCUT2D eigenvalue weighted by atomic mass is 35.5. The van der Waals surface area contributed by atoms with Crippen molar-refractivity contribution in [2.45, 2.75) is 32.9 Å². The Morgan fingerprint density at radius 1 is 0.971 bits per heavy atom. The predicted octanol–water partition coefficient (Wildman–Crippen LogP) is 5.27. The van der Waals surface area contributed by atoms with Gasteiger partial charge in [0.15, 0.2) is 6.61 Å². The van der Waals surface area contributed by atoms with Crippen molar-refractivity contribution in [2.75, 3.05) is 13.2 Å². The monoisotopic (exact) mass is 496 g/mol. The summed E-state index contributed by atoms with van der Waals surface area (Å²) in [6, 6.07) is 21.4. The number of benzene rings is 3. The van der Waals surface area contributed by atoms with Crippen molar-refractivity contribution in [1.29, 1.82) is 0 Å². The molecular formula is C28H30ClFN2O3. The van der Waals surface area contributed by atoms with Gasteiger partial charge in [0.1, 0.15) is 17.6 Å². The fraction of sp³-hybridized carbons (Fsp3) is 0.286. The summed E-state index contributed by atoms with van der Waals surface area (Å²) in [5, 5.41) is 3.52. The van der Waals surface area contributed by atoms with Crippen molar-refractivity contribution in [3.05, 3.63) is 101 Å². The van der Waals surface area contributed by atoms with Gasteiger partial charge in [-0.05, 0) is 53.4 Å². The van der Waals surface area contributed by atoms with Crippen LogP contribution in [-0.4, -0.2) is 35.9 Å². The van der Waals surface area contributed by atoms with Crippen LogP contribution in [-0.2, 0) is 22.6 Å². The Balaban J connectivity index is 1.89. The summed E-state index contributed by atoms with van der Waals surface area (Å²) < 4.78 is 18.9. The molecule has 3 rings (SSSR count). The van der Waals surface area contributed by atoms with Gasteiger partial charge in [-0.3, -0.25) is 9.59 Å². The molecule has 0 fully saturated rings. The third kappa shape index (κ3) is 8.41. The third-order valence-electron chi connectivity index (χ3n) is 5.37. The van der Waals surface area contributed by atoms with Crippen LogP contribution in [0.3, 0.4) is 0 Å². The molecule has 3 aromatic carbocycles. The van der Waals surface area contributed by atoms with Crippen molar-refractivity contribution in [3.63, 3.8) is 0 Å². The fourth-order valence-corrected chi connectivity index (χ4v) is 3.78. The number of nitrogens with one attached hydrogen (secondary N) is 1. The number of ether oxygens (including phenoxy) is 1. The van der Waals surface area contributed by atoms with Gasteiger partial charge in [0.25, 0.3) is 5.91 Å². The van der Waals surface area contributed by atoms with Crippen molar-refractivity contribution < 1.29 is 18.7 Å². The quantitative estimate of drug-likeness (QED) is 0.393. The Hall–Kier alpha value is -3.38. The average Bonchev–Trinajstić information content (AvgIpc) is 2.85. The van der Waals surface area contributed by atoms with Gasteiger partial charge in [0, 0.05) is 24.5 Å². The molecule has 184 valence electrons. The van der Waals surface area contributed by atoms with E-state index in [0.717, 1.165) is 11.1 Å². The number of halogens is 2. The molecule has 0 aromatic heterocycles. The van der Waals surface area contributed by atoms with E-state index in [1.54, 1.807) is 18.2 Å². The van der Waals surface area contributed by atoms with E-state index in [1.807, 2.05) is 50.2 Å². The summed E-state index contributed by atoms with van der Waals surface area (Å²) >= 11 is 6.18. The van der Waals surface area contributed by atoms with Crippen molar-refractivity contribution in [2.24, 2.45) is 5.92 Å². The van der Waals surface area contributed by atoms with Crippen LogP contribution in [0.25, 0.3) is 0 Å². The highest BCUT2D eigenvalue weighted by Gasteiger charge is 2.30. The molecule has 35 heavy (non-hydrogen) atoms. The van der Waals surface area contributed by atoms with Crippen LogP contribution in [0.4, 0.5) is 4.39 Å². The summed E-state index contributed by atoms with van der Waals surface area (Å²) in [5.41, 5.74) is 1.72. The molecule has 0 saturated heterocycles. The topological polar surface area (TPSA) is 58.6 Å². The van der Waals surface area contributed by atoms with Gasteiger partial charge < -0.3 is 15.0 Å². The summed E-state index contributed by atoms with van der Waals surface area (Å²) in [7, 11) is 0. The first-order chi connectivity index (χ1) is 16.8. The number of amides is 2. The second-order valence-electron chi connectivity index (χ2n) is 8.74. The third-order valence-corrected chi connectivity index (χ3v) is 5.61. The molecule has 0 aliphatic carbocycles. The average molecular weight is 497 g/mol. The highest BCUT2D eigenvalue weighted by Crippen LogP contribution is 2.18. The van der Waals surface area contributed by atoms with Crippen LogP contribution in [0.15, 0.2) is 78.9 Å². The largest absolute Gasteiger partial charge is 0.484 e. The number of carbonyl (C=O) groups is 2. The van der Waals surface area contributed by atoms with Crippen LogP contribution >= 0.6 is 11.6 Å².